The van der Waals surface area contributed by atoms with E-state index in [1.807, 2.05) is 24.5 Å². The molecule has 5 nitrogen and oxygen atoms in total. The molecule has 0 spiro atoms. The maximum absolute atomic E-state index is 13.5. The Morgan fingerprint density at radius 1 is 1.33 bits per heavy atom. The molecule has 7 heteroatoms. The van der Waals surface area contributed by atoms with Crippen LogP contribution in [0.5, 0.6) is 11.6 Å². The summed E-state index contributed by atoms with van der Waals surface area (Å²) in [6, 6.07) is 8.63. The van der Waals surface area contributed by atoms with E-state index in [0.717, 1.165) is 35.9 Å². The number of methoxy groups -OCH3 is 1. The average Bonchev–Trinajstić information content (AvgIpc) is 2.66. The average molecular weight is 387 g/mol. The molecule has 3 heterocycles. The standard InChI is InChI=1S/C20H22FN3O2S/c1-25-19-6-4-15(10-22-19)23-20(27-2)24-11-13(12-24)16-7-8-26-18-9-14(21)3-5-17(16)18/h3-6,9-10,13,16H,7-8,11-12H2,1-2H3. The second-order valence-electron chi connectivity index (χ2n) is 6.75. The van der Waals surface area contributed by atoms with E-state index in [9.17, 15) is 4.39 Å². The zero-order chi connectivity index (χ0) is 18.8. The first-order valence-electron chi connectivity index (χ1n) is 8.98. The van der Waals surface area contributed by atoms with Gasteiger partial charge in [0.25, 0.3) is 0 Å². The molecule has 1 atom stereocenters. The van der Waals surface area contributed by atoms with Crippen LogP contribution in [0, 0.1) is 11.7 Å². The first kappa shape index (κ1) is 18.1. The largest absolute Gasteiger partial charge is 0.493 e. The summed E-state index contributed by atoms with van der Waals surface area (Å²) in [4.78, 5) is 11.2. The Balaban J connectivity index is 1.44. The van der Waals surface area contributed by atoms with Crippen LogP contribution in [0.3, 0.4) is 0 Å². The molecule has 4 rings (SSSR count). The summed E-state index contributed by atoms with van der Waals surface area (Å²) in [7, 11) is 1.60. The van der Waals surface area contributed by atoms with Gasteiger partial charge in [0.15, 0.2) is 5.17 Å². The van der Waals surface area contributed by atoms with Gasteiger partial charge in [0.1, 0.15) is 11.6 Å². The SMILES string of the molecule is COc1ccc(N=C(SC)N2CC(C3CCOc4cc(F)ccc43)C2)cn1. The minimum Gasteiger partial charge on any atom is -0.493 e. The van der Waals surface area contributed by atoms with Crippen molar-refractivity contribution in [3.05, 3.63) is 47.9 Å². The highest BCUT2D eigenvalue weighted by Gasteiger charge is 2.38. The number of aromatic nitrogens is 1. The number of amidine groups is 1. The maximum atomic E-state index is 13.5. The van der Waals surface area contributed by atoms with Crippen LogP contribution in [0.4, 0.5) is 10.1 Å². The second kappa shape index (κ2) is 7.76. The molecule has 0 aliphatic carbocycles. The van der Waals surface area contributed by atoms with Crippen LogP contribution >= 0.6 is 11.8 Å². The molecule has 1 unspecified atom stereocenters. The molecule has 1 aromatic carbocycles. The number of nitrogens with zero attached hydrogens (tertiary/aromatic N) is 3. The lowest BCUT2D eigenvalue weighted by Crippen LogP contribution is -2.51. The molecule has 0 N–H and O–H groups in total. The van der Waals surface area contributed by atoms with Gasteiger partial charge in [-0.2, -0.15) is 0 Å². The summed E-state index contributed by atoms with van der Waals surface area (Å²) in [5.41, 5.74) is 1.95. The summed E-state index contributed by atoms with van der Waals surface area (Å²) in [5.74, 6) is 1.99. The smallest absolute Gasteiger partial charge is 0.213 e. The van der Waals surface area contributed by atoms with Gasteiger partial charge in [0, 0.05) is 31.1 Å². The molecule has 1 fully saturated rings. The maximum Gasteiger partial charge on any atom is 0.213 e. The minimum absolute atomic E-state index is 0.241. The van der Waals surface area contributed by atoms with Crippen molar-refractivity contribution in [2.75, 3.05) is 33.1 Å². The van der Waals surface area contributed by atoms with Gasteiger partial charge in [0.05, 0.1) is 25.6 Å². The van der Waals surface area contributed by atoms with Gasteiger partial charge in [-0.1, -0.05) is 17.8 Å². The van der Waals surface area contributed by atoms with Crippen molar-refractivity contribution < 1.29 is 13.9 Å². The molecule has 142 valence electrons. The van der Waals surface area contributed by atoms with Crippen molar-refractivity contribution in [3.8, 4) is 11.6 Å². The van der Waals surface area contributed by atoms with E-state index in [1.54, 1.807) is 25.1 Å². The first-order valence-corrected chi connectivity index (χ1v) is 10.2. The monoisotopic (exact) mass is 387 g/mol. The highest BCUT2D eigenvalue weighted by molar-refractivity contribution is 8.13. The van der Waals surface area contributed by atoms with E-state index in [0.29, 0.717) is 30.1 Å². The van der Waals surface area contributed by atoms with Gasteiger partial charge in [-0.15, -0.1) is 0 Å². The molecule has 0 saturated carbocycles. The third-order valence-electron chi connectivity index (χ3n) is 5.15. The van der Waals surface area contributed by atoms with Crippen LogP contribution in [0.2, 0.25) is 0 Å². The fourth-order valence-electron chi connectivity index (χ4n) is 3.72. The van der Waals surface area contributed by atoms with Gasteiger partial charge in [0.2, 0.25) is 5.88 Å². The number of thioether (sulfide) groups is 1. The predicted molar refractivity (Wildman–Crippen MR) is 106 cm³/mol. The quantitative estimate of drug-likeness (QED) is 0.587. The Bertz CT molecular complexity index is 838. The number of fused-ring (bicyclic) bond motifs is 1. The topological polar surface area (TPSA) is 47.0 Å². The Labute approximate surface area is 162 Å². The number of benzene rings is 1. The molecule has 1 saturated heterocycles. The lowest BCUT2D eigenvalue weighted by atomic mass is 9.78. The molecule has 2 aliphatic heterocycles. The fourth-order valence-corrected chi connectivity index (χ4v) is 4.32. The molecular formula is C20H22FN3O2S. The van der Waals surface area contributed by atoms with Crippen LogP contribution in [-0.4, -0.2) is 48.1 Å². The molecule has 1 aromatic heterocycles. The summed E-state index contributed by atoms with van der Waals surface area (Å²) < 4.78 is 24.2. The Morgan fingerprint density at radius 3 is 2.89 bits per heavy atom. The molecule has 2 aromatic rings. The highest BCUT2D eigenvalue weighted by atomic mass is 32.2. The van der Waals surface area contributed by atoms with E-state index in [1.165, 1.54) is 12.1 Å². The zero-order valence-electron chi connectivity index (χ0n) is 15.4. The third kappa shape index (κ3) is 3.74. The number of rotatable bonds is 3. The number of hydrogen-bond donors (Lipinski definition) is 0. The van der Waals surface area contributed by atoms with Crippen LogP contribution in [0.15, 0.2) is 41.5 Å². The predicted octanol–water partition coefficient (Wildman–Crippen LogP) is 4.08. The Kier molecular flexibility index (Phi) is 5.20. The molecular weight excluding hydrogens is 365 g/mol. The zero-order valence-corrected chi connectivity index (χ0v) is 16.2. The van der Waals surface area contributed by atoms with Crippen molar-refractivity contribution in [1.82, 2.24) is 9.88 Å². The number of likely N-dealkylation sites (tertiary alicyclic amines) is 1. The fraction of sp³-hybridized carbons (Fsp3) is 0.400. The lowest BCUT2D eigenvalue weighted by Gasteiger charge is -2.46. The Hall–Kier alpha value is -2.28. The molecule has 2 aliphatic rings. The van der Waals surface area contributed by atoms with E-state index < -0.39 is 0 Å². The Morgan fingerprint density at radius 2 is 2.19 bits per heavy atom. The van der Waals surface area contributed by atoms with Gasteiger partial charge in [-0.25, -0.2) is 14.4 Å². The van der Waals surface area contributed by atoms with E-state index in [2.05, 4.69) is 9.88 Å². The van der Waals surface area contributed by atoms with Gasteiger partial charge < -0.3 is 14.4 Å². The highest BCUT2D eigenvalue weighted by Crippen LogP contribution is 2.42. The minimum atomic E-state index is -0.241. The van der Waals surface area contributed by atoms with E-state index in [4.69, 9.17) is 14.5 Å². The van der Waals surface area contributed by atoms with Crippen LogP contribution in [-0.2, 0) is 0 Å². The molecule has 27 heavy (non-hydrogen) atoms. The summed E-state index contributed by atoms with van der Waals surface area (Å²) >= 11 is 1.64. The number of aliphatic imine (C=N–C) groups is 1. The van der Waals surface area contributed by atoms with E-state index >= 15 is 0 Å². The lowest BCUT2D eigenvalue weighted by molar-refractivity contribution is 0.132. The summed E-state index contributed by atoms with van der Waals surface area (Å²) in [6.45, 7) is 2.55. The van der Waals surface area contributed by atoms with Crippen molar-refractivity contribution in [1.29, 1.82) is 0 Å². The van der Waals surface area contributed by atoms with Crippen molar-refractivity contribution in [3.63, 3.8) is 0 Å². The van der Waals surface area contributed by atoms with Crippen LogP contribution < -0.4 is 9.47 Å². The molecule has 0 amide bonds. The van der Waals surface area contributed by atoms with E-state index in [-0.39, 0.29) is 5.82 Å². The van der Waals surface area contributed by atoms with Gasteiger partial charge in [-0.05, 0) is 36.3 Å². The van der Waals surface area contributed by atoms with Crippen molar-refractivity contribution >= 4 is 22.6 Å². The number of halogens is 1. The third-order valence-corrected chi connectivity index (χ3v) is 5.86. The molecule has 0 bridgehead atoms. The van der Waals surface area contributed by atoms with Crippen molar-refractivity contribution in [2.45, 2.75) is 12.3 Å². The van der Waals surface area contributed by atoms with Crippen LogP contribution in [0.1, 0.15) is 17.9 Å². The normalized spacial score (nSPS) is 19.9. The molecule has 0 radical (unpaired) electrons. The summed E-state index contributed by atoms with van der Waals surface area (Å²) in [6.07, 6.45) is 4.73. The number of pyridine rings is 1. The van der Waals surface area contributed by atoms with Crippen LogP contribution in [0.25, 0.3) is 0 Å². The summed E-state index contributed by atoms with van der Waals surface area (Å²) in [5, 5.41) is 0.990. The number of ether oxygens (including phenoxy) is 2. The number of hydrogen-bond acceptors (Lipinski definition) is 5. The first-order chi connectivity index (χ1) is 13.2. The van der Waals surface area contributed by atoms with Gasteiger partial charge >= 0.3 is 0 Å². The van der Waals surface area contributed by atoms with Crippen molar-refractivity contribution in [2.24, 2.45) is 10.9 Å². The van der Waals surface area contributed by atoms with Gasteiger partial charge in [-0.3, -0.25) is 0 Å². The second-order valence-corrected chi connectivity index (χ2v) is 7.52.